The van der Waals surface area contributed by atoms with Crippen molar-refractivity contribution in [2.24, 2.45) is 0 Å². The molecule has 3 aromatic rings. The van der Waals surface area contributed by atoms with Gasteiger partial charge in [0.05, 0.1) is 43.1 Å². The van der Waals surface area contributed by atoms with Crippen LogP contribution in [-0.4, -0.2) is 76.2 Å². The van der Waals surface area contributed by atoms with E-state index >= 15 is 0 Å². The van der Waals surface area contributed by atoms with E-state index in [1.165, 1.54) is 18.4 Å². The molecule has 2 aliphatic heterocycles. The Morgan fingerprint density at radius 3 is 2.65 bits per heavy atom. The monoisotopic (exact) mass is 483 g/mol. The minimum Gasteiger partial charge on any atom is -0.379 e. The van der Waals surface area contributed by atoms with Crippen molar-refractivity contribution < 1.29 is 9.47 Å². The van der Waals surface area contributed by atoms with Crippen molar-refractivity contribution >= 4 is 39.0 Å². The number of fused-ring (bicyclic) bond motifs is 1. The van der Waals surface area contributed by atoms with Crippen LogP contribution in [0.25, 0.3) is 10.2 Å². The highest BCUT2D eigenvalue weighted by atomic mass is 32.1. The summed E-state index contributed by atoms with van der Waals surface area (Å²) < 4.78 is 13.0. The molecule has 0 amide bonds. The van der Waals surface area contributed by atoms with Gasteiger partial charge in [-0.1, -0.05) is 0 Å². The van der Waals surface area contributed by atoms with Gasteiger partial charge in [-0.3, -0.25) is 9.58 Å². The van der Waals surface area contributed by atoms with Crippen molar-refractivity contribution in [1.29, 1.82) is 0 Å². The van der Waals surface area contributed by atoms with Gasteiger partial charge < -0.3 is 20.1 Å². The first-order valence-electron chi connectivity index (χ1n) is 12.5. The van der Waals surface area contributed by atoms with E-state index in [0.29, 0.717) is 24.1 Å². The largest absolute Gasteiger partial charge is 0.379 e. The smallest absolute Gasteiger partial charge is 0.230 e. The lowest BCUT2D eigenvalue weighted by Crippen LogP contribution is -2.46. The Labute approximate surface area is 203 Å². The molecule has 5 heterocycles. The molecule has 182 valence electrons. The van der Waals surface area contributed by atoms with E-state index in [-0.39, 0.29) is 0 Å². The summed E-state index contributed by atoms with van der Waals surface area (Å²) >= 11 is 1.67. The lowest BCUT2D eigenvalue weighted by atomic mass is 9.90. The number of nitrogens with zero attached hydrogens (tertiary/aromatic N) is 5. The zero-order valence-corrected chi connectivity index (χ0v) is 20.5. The van der Waals surface area contributed by atoms with Crippen LogP contribution in [0.1, 0.15) is 43.7 Å². The van der Waals surface area contributed by atoms with E-state index in [9.17, 15) is 0 Å². The van der Waals surface area contributed by atoms with E-state index in [4.69, 9.17) is 19.4 Å². The van der Waals surface area contributed by atoms with Crippen LogP contribution in [0.2, 0.25) is 0 Å². The standard InChI is InChI=1S/C24H33N7O2S/c1-16-15-34-23-21(16)22(26-17-2-4-19(5-3-17)30-7-10-32-11-8-30)28-24(29-23)27-18-12-25-31(13-18)20-6-9-33-14-20/h12-13,15,17,19-20H,2-11,14H2,1H3,(H2,26,27,28,29)/t17?,19?,20-/m1/s1. The topological polar surface area (TPSA) is 89.4 Å². The molecule has 2 N–H and O–H groups in total. The van der Waals surface area contributed by atoms with Gasteiger partial charge in [0.15, 0.2) is 0 Å². The second kappa shape index (κ2) is 9.77. The van der Waals surface area contributed by atoms with Crippen LogP contribution in [0.4, 0.5) is 17.5 Å². The van der Waals surface area contributed by atoms with E-state index < -0.39 is 0 Å². The molecule has 3 fully saturated rings. The fourth-order valence-corrected chi connectivity index (χ4v) is 6.35. The number of rotatable bonds is 6. The fourth-order valence-electron chi connectivity index (χ4n) is 5.43. The van der Waals surface area contributed by atoms with Gasteiger partial charge in [-0.25, -0.2) is 4.98 Å². The number of aryl methyl sites for hydroxylation is 1. The number of morpholine rings is 1. The van der Waals surface area contributed by atoms with Gasteiger partial charge in [0.25, 0.3) is 0 Å². The number of thiophene rings is 1. The van der Waals surface area contributed by atoms with Crippen LogP contribution in [0.3, 0.4) is 0 Å². The summed E-state index contributed by atoms with van der Waals surface area (Å²) in [5.41, 5.74) is 2.13. The second-order valence-corrected chi connectivity index (χ2v) is 10.5. The molecule has 34 heavy (non-hydrogen) atoms. The quantitative estimate of drug-likeness (QED) is 0.545. The van der Waals surface area contributed by atoms with Crippen LogP contribution in [0.15, 0.2) is 17.8 Å². The molecular weight excluding hydrogens is 450 g/mol. The third-order valence-corrected chi connectivity index (χ3v) is 8.34. The van der Waals surface area contributed by atoms with Crippen molar-refractivity contribution in [2.45, 2.75) is 57.2 Å². The average molecular weight is 484 g/mol. The highest BCUT2D eigenvalue weighted by Crippen LogP contribution is 2.34. The Hall–Kier alpha value is -2.27. The third kappa shape index (κ3) is 4.64. The summed E-state index contributed by atoms with van der Waals surface area (Å²) in [6.45, 7) is 7.55. The lowest BCUT2D eigenvalue weighted by Gasteiger charge is -2.39. The average Bonchev–Trinajstić information content (AvgIpc) is 3.62. The first kappa shape index (κ1) is 22.2. The van der Waals surface area contributed by atoms with Crippen LogP contribution in [-0.2, 0) is 9.47 Å². The maximum Gasteiger partial charge on any atom is 0.230 e. The van der Waals surface area contributed by atoms with Gasteiger partial charge in [-0.05, 0) is 50.0 Å². The Bertz CT molecular complexity index is 1110. The molecule has 9 nitrogen and oxygen atoms in total. The number of anilines is 3. The number of hydrogen-bond donors (Lipinski definition) is 2. The third-order valence-electron chi connectivity index (χ3n) is 7.35. The van der Waals surface area contributed by atoms with Gasteiger partial charge in [0.1, 0.15) is 10.6 Å². The van der Waals surface area contributed by atoms with E-state index in [2.05, 4.69) is 32.9 Å². The van der Waals surface area contributed by atoms with Crippen molar-refractivity contribution in [3.8, 4) is 0 Å². The maximum atomic E-state index is 5.53. The van der Waals surface area contributed by atoms with Gasteiger partial charge >= 0.3 is 0 Å². The molecule has 6 rings (SSSR count). The van der Waals surface area contributed by atoms with Crippen molar-refractivity contribution in [2.75, 3.05) is 50.2 Å². The summed E-state index contributed by atoms with van der Waals surface area (Å²) in [7, 11) is 0. The highest BCUT2D eigenvalue weighted by molar-refractivity contribution is 7.17. The predicted octanol–water partition coefficient (Wildman–Crippen LogP) is 3.96. The molecule has 0 unspecified atom stereocenters. The summed E-state index contributed by atoms with van der Waals surface area (Å²) in [5, 5.41) is 15.0. The Balaban J connectivity index is 1.16. The molecule has 3 aromatic heterocycles. The van der Waals surface area contributed by atoms with Crippen LogP contribution in [0, 0.1) is 6.92 Å². The summed E-state index contributed by atoms with van der Waals surface area (Å²) in [6, 6.07) is 1.44. The molecule has 0 spiro atoms. The predicted molar refractivity (Wildman–Crippen MR) is 134 cm³/mol. The zero-order valence-electron chi connectivity index (χ0n) is 19.7. The van der Waals surface area contributed by atoms with Crippen LogP contribution in [0.5, 0.6) is 0 Å². The van der Waals surface area contributed by atoms with Gasteiger partial charge in [-0.2, -0.15) is 10.1 Å². The summed E-state index contributed by atoms with van der Waals surface area (Å²) in [6.07, 6.45) is 9.64. The van der Waals surface area contributed by atoms with Gasteiger partial charge in [0, 0.05) is 38.0 Å². The molecule has 10 heteroatoms. The lowest BCUT2D eigenvalue weighted by molar-refractivity contribution is 0.00791. The molecule has 0 radical (unpaired) electrons. The van der Waals surface area contributed by atoms with Crippen molar-refractivity contribution in [3.05, 3.63) is 23.3 Å². The minimum absolute atomic E-state index is 0.309. The molecule has 1 saturated carbocycles. The Kier molecular flexibility index (Phi) is 6.38. The Morgan fingerprint density at radius 1 is 1.00 bits per heavy atom. The highest BCUT2D eigenvalue weighted by Gasteiger charge is 2.28. The first-order valence-corrected chi connectivity index (χ1v) is 13.3. The molecule has 1 aliphatic carbocycles. The number of ether oxygens (including phenoxy) is 2. The summed E-state index contributed by atoms with van der Waals surface area (Å²) in [4.78, 5) is 13.4. The zero-order chi connectivity index (χ0) is 22.9. The molecule has 0 bridgehead atoms. The van der Waals surface area contributed by atoms with Gasteiger partial charge in [-0.15, -0.1) is 11.3 Å². The number of nitrogens with one attached hydrogen (secondary N) is 2. The van der Waals surface area contributed by atoms with Crippen molar-refractivity contribution in [1.82, 2.24) is 24.6 Å². The SMILES string of the molecule is Cc1csc2nc(Nc3cnn([C@@H]4CCOC4)c3)nc(NC3CCC(N4CCOCC4)CC3)c12. The fraction of sp³-hybridized carbons (Fsp3) is 0.625. The molecular formula is C24H33N7O2S. The maximum absolute atomic E-state index is 5.53. The normalized spacial score (nSPS) is 26.2. The summed E-state index contributed by atoms with van der Waals surface area (Å²) in [5.74, 6) is 1.55. The second-order valence-electron chi connectivity index (χ2n) is 9.64. The van der Waals surface area contributed by atoms with E-state index in [1.807, 2.05) is 17.1 Å². The van der Waals surface area contributed by atoms with E-state index in [1.54, 1.807) is 11.3 Å². The molecule has 2 saturated heterocycles. The minimum atomic E-state index is 0.309. The number of aromatic nitrogens is 4. The van der Waals surface area contributed by atoms with Crippen molar-refractivity contribution in [3.63, 3.8) is 0 Å². The van der Waals surface area contributed by atoms with Crippen LogP contribution >= 0.6 is 11.3 Å². The van der Waals surface area contributed by atoms with E-state index in [0.717, 1.165) is 80.5 Å². The molecule has 0 aromatic carbocycles. The number of hydrogen-bond acceptors (Lipinski definition) is 9. The molecule has 1 atom stereocenters. The Morgan fingerprint density at radius 2 is 1.85 bits per heavy atom. The molecule has 3 aliphatic rings. The first-order chi connectivity index (χ1) is 16.7. The van der Waals surface area contributed by atoms with Gasteiger partial charge in [0.2, 0.25) is 5.95 Å². The van der Waals surface area contributed by atoms with Crippen LogP contribution < -0.4 is 10.6 Å².